The van der Waals surface area contributed by atoms with E-state index in [1.54, 1.807) is 14.0 Å². The summed E-state index contributed by atoms with van der Waals surface area (Å²) < 4.78 is 5.09. The smallest absolute Gasteiger partial charge is 0.220 e. The van der Waals surface area contributed by atoms with Gasteiger partial charge in [-0.2, -0.15) is 0 Å². The molecule has 0 spiro atoms. The van der Waals surface area contributed by atoms with Gasteiger partial charge in [0.1, 0.15) is 5.75 Å². The van der Waals surface area contributed by atoms with Crippen LogP contribution >= 0.6 is 0 Å². The molecule has 1 rings (SSSR count). The molecule has 2 N–H and O–H groups in total. The fraction of sp³-hybridized carbons (Fsp3) is 0.500. The topological polar surface area (TPSA) is 58.6 Å². The summed E-state index contributed by atoms with van der Waals surface area (Å²) in [5.74, 6) is 0.908. The predicted molar refractivity (Wildman–Crippen MR) is 70.7 cm³/mol. The average molecular weight is 251 g/mol. The summed E-state index contributed by atoms with van der Waals surface area (Å²) in [6, 6.07) is 7.51. The summed E-state index contributed by atoms with van der Waals surface area (Å²) in [6.07, 6.45) is 0.413. The minimum Gasteiger partial charge on any atom is -0.497 e. The van der Waals surface area contributed by atoms with Gasteiger partial charge >= 0.3 is 0 Å². The molecule has 0 heterocycles. The molecule has 0 aromatic heterocycles. The van der Waals surface area contributed by atoms with Gasteiger partial charge < -0.3 is 15.2 Å². The fourth-order valence-electron chi connectivity index (χ4n) is 1.71. The van der Waals surface area contributed by atoms with Crippen molar-refractivity contribution in [2.45, 2.75) is 32.2 Å². The van der Waals surface area contributed by atoms with Gasteiger partial charge in [0.05, 0.1) is 13.7 Å². The highest BCUT2D eigenvalue weighted by Gasteiger charge is 2.12. The zero-order valence-electron chi connectivity index (χ0n) is 11.1. The van der Waals surface area contributed by atoms with E-state index in [9.17, 15) is 4.79 Å². The summed E-state index contributed by atoms with van der Waals surface area (Å²) in [6.45, 7) is 3.74. The van der Waals surface area contributed by atoms with Gasteiger partial charge in [0, 0.05) is 12.5 Å². The van der Waals surface area contributed by atoms with E-state index >= 15 is 0 Å². The Morgan fingerprint density at radius 2 is 1.94 bits per heavy atom. The lowest BCUT2D eigenvalue weighted by Gasteiger charge is -2.15. The third-order valence-electron chi connectivity index (χ3n) is 2.86. The van der Waals surface area contributed by atoms with Crippen molar-refractivity contribution in [2.75, 3.05) is 13.7 Å². The number of aliphatic hydroxyl groups excluding tert-OH is 1. The van der Waals surface area contributed by atoms with Gasteiger partial charge in [-0.3, -0.25) is 4.79 Å². The van der Waals surface area contributed by atoms with Gasteiger partial charge in [0.25, 0.3) is 0 Å². The summed E-state index contributed by atoms with van der Waals surface area (Å²) >= 11 is 0. The van der Waals surface area contributed by atoms with Crippen molar-refractivity contribution < 1.29 is 14.6 Å². The minimum absolute atomic E-state index is 0.0390. The number of methoxy groups -OCH3 is 1. The molecular formula is C14H21NO3. The molecular weight excluding hydrogens is 230 g/mol. The van der Waals surface area contributed by atoms with Crippen molar-refractivity contribution in [3.8, 4) is 5.75 Å². The van der Waals surface area contributed by atoms with E-state index in [-0.39, 0.29) is 24.5 Å². The van der Waals surface area contributed by atoms with Gasteiger partial charge in [-0.15, -0.1) is 0 Å². The number of aliphatic hydroxyl groups is 1. The largest absolute Gasteiger partial charge is 0.497 e. The first-order valence-corrected chi connectivity index (χ1v) is 6.11. The SMILES string of the molecule is COc1ccc(C(C)CC(=O)N[C@@H](C)CO)cc1. The molecule has 0 fully saturated rings. The van der Waals surface area contributed by atoms with E-state index in [0.717, 1.165) is 11.3 Å². The Kier molecular flexibility index (Phi) is 5.65. The average Bonchev–Trinajstić information content (AvgIpc) is 2.38. The molecule has 0 saturated carbocycles. The van der Waals surface area contributed by atoms with Crippen molar-refractivity contribution in [3.05, 3.63) is 29.8 Å². The highest BCUT2D eigenvalue weighted by Crippen LogP contribution is 2.21. The van der Waals surface area contributed by atoms with Crippen LogP contribution in [0.3, 0.4) is 0 Å². The molecule has 1 unspecified atom stereocenters. The summed E-state index contributed by atoms with van der Waals surface area (Å²) in [5.41, 5.74) is 1.10. The van der Waals surface area contributed by atoms with Crippen LogP contribution in [0.2, 0.25) is 0 Å². The maximum atomic E-state index is 11.7. The van der Waals surface area contributed by atoms with E-state index in [2.05, 4.69) is 5.32 Å². The van der Waals surface area contributed by atoms with Crippen LogP contribution in [0.1, 0.15) is 31.7 Å². The van der Waals surface area contributed by atoms with E-state index in [1.165, 1.54) is 0 Å². The van der Waals surface area contributed by atoms with Crippen LogP contribution in [0, 0.1) is 0 Å². The summed E-state index contributed by atoms with van der Waals surface area (Å²) in [5, 5.41) is 11.6. The number of hydrogen-bond acceptors (Lipinski definition) is 3. The molecule has 0 saturated heterocycles. The second kappa shape index (κ2) is 7.01. The molecule has 2 atom stereocenters. The fourth-order valence-corrected chi connectivity index (χ4v) is 1.71. The Bertz CT molecular complexity index is 375. The zero-order chi connectivity index (χ0) is 13.5. The molecule has 0 radical (unpaired) electrons. The van der Waals surface area contributed by atoms with Crippen LogP contribution in [0.5, 0.6) is 5.75 Å². The maximum Gasteiger partial charge on any atom is 0.220 e. The Labute approximate surface area is 108 Å². The first kappa shape index (κ1) is 14.5. The van der Waals surface area contributed by atoms with E-state index in [1.807, 2.05) is 31.2 Å². The van der Waals surface area contributed by atoms with E-state index in [0.29, 0.717) is 6.42 Å². The van der Waals surface area contributed by atoms with Crippen molar-refractivity contribution in [3.63, 3.8) is 0 Å². The number of carbonyl (C=O) groups is 1. The quantitative estimate of drug-likeness (QED) is 0.809. The van der Waals surface area contributed by atoms with Crippen molar-refractivity contribution in [1.82, 2.24) is 5.32 Å². The molecule has 0 bridgehead atoms. The highest BCUT2D eigenvalue weighted by molar-refractivity contribution is 5.77. The molecule has 4 heteroatoms. The van der Waals surface area contributed by atoms with Crippen LogP contribution in [0.15, 0.2) is 24.3 Å². The second-order valence-corrected chi connectivity index (χ2v) is 4.53. The molecule has 0 aliphatic heterocycles. The Hall–Kier alpha value is -1.55. The van der Waals surface area contributed by atoms with Gasteiger partial charge in [-0.1, -0.05) is 19.1 Å². The van der Waals surface area contributed by atoms with Crippen molar-refractivity contribution >= 4 is 5.91 Å². The normalized spacial score (nSPS) is 13.8. The molecule has 1 aromatic carbocycles. The lowest BCUT2D eigenvalue weighted by molar-refractivity contribution is -0.122. The molecule has 1 aromatic rings. The number of hydrogen-bond donors (Lipinski definition) is 2. The Morgan fingerprint density at radius 1 is 1.33 bits per heavy atom. The molecule has 0 aliphatic rings. The molecule has 1 amide bonds. The number of amides is 1. The lowest BCUT2D eigenvalue weighted by Crippen LogP contribution is -2.35. The number of ether oxygens (including phenoxy) is 1. The Morgan fingerprint density at radius 3 is 2.44 bits per heavy atom. The third-order valence-corrected chi connectivity index (χ3v) is 2.86. The molecule has 100 valence electrons. The Balaban J connectivity index is 2.53. The first-order valence-electron chi connectivity index (χ1n) is 6.11. The molecule has 18 heavy (non-hydrogen) atoms. The molecule has 4 nitrogen and oxygen atoms in total. The van der Waals surface area contributed by atoms with Crippen LogP contribution in [-0.2, 0) is 4.79 Å². The molecule has 0 aliphatic carbocycles. The first-order chi connectivity index (χ1) is 8.56. The maximum absolute atomic E-state index is 11.7. The van der Waals surface area contributed by atoms with Crippen LogP contribution in [0.25, 0.3) is 0 Å². The van der Waals surface area contributed by atoms with E-state index in [4.69, 9.17) is 9.84 Å². The van der Waals surface area contributed by atoms with Gasteiger partial charge in [-0.25, -0.2) is 0 Å². The third kappa shape index (κ3) is 4.37. The lowest BCUT2D eigenvalue weighted by atomic mass is 9.97. The standard InChI is InChI=1S/C14H21NO3/c1-10(8-14(17)15-11(2)9-16)12-4-6-13(18-3)7-5-12/h4-7,10-11,16H,8-9H2,1-3H3,(H,15,17)/t10?,11-/m0/s1. The number of rotatable bonds is 6. The number of benzene rings is 1. The second-order valence-electron chi connectivity index (χ2n) is 4.53. The monoisotopic (exact) mass is 251 g/mol. The predicted octanol–water partition coefficient (Wildman–Crippen LogP) is 1.69. The highest BCUT2D eigenvalue weighted by atomic mass is 16.5. The van der Waals surface area contributed by atoms with Crippen LogP contribution in [0.4, 0.5) is 0 Å². The van der Waals surface area contributed by atoms with Crippen LogP contribution < -0.4 is 10.1 Å². The summed E-state index contributed by atoms with van der Waals surface area (Å²) in [7, 11) is 1.63. The van der Waals surface area contributed by atoms with Gasteiger partial charge in [0.15, 0.2) is 0 Å². The summed E-state index contributed by atoms with van der Waals surface area (Å²) in [4.78, 5) is 11.7. The van der Waals surface area contributed by atoms with Crippen molar-refractivity contribution in [1.29, 1.82) is 0 Å². The van der Waals surface area contributed by atoms with Gasteiger partial charge in [-0.05, 0) is 30.5 Å². The van der Waals surface area contributed by atoms with Crippen LogP contribution in [-0.4, -0.2) is 30.8 Å². The minimum atomic E-state index is -0.194. The van der Waals surface area contributed by atoms with E-state index < -0.39 is 0 Å². The van der Waals surface area contributed by atoms with Crippen molar-refractivity contribution in [2.24, 2.45) is 0 Å². The number of nitrogens with one attached hydrogen (secondary N) is 1. The van der Waals surface area contributed by atoms with Gasteiger partial charge in [0.2, 0.25) is 5.91 Å². The zero-order valence-corrected chi connectivity index (χ0v) is 11.1. The number of carbonyl (C=O) groups excluding carboxylic acids is 1.